The van der Waals surface area contributed by atoms with Gasteiger partial charge in [-0.05, 0) is 73.3 Å². The summed E-state index contributed by atoms with van der Waals surface area (Å²) >= 11 is 0. The highest BCUT2D eigenvalue weighted by Crippen LogP contribution is 2.44. The molecule has 32 heavy (non-hydrogen) atoms. The van der Waals surface area contributed by atoms with Crippen molar-refractivity contribution in [2.45, 2.75) is 6.92 Å². The zero-order valence-corrected chi connectivity index (χ0v) is 17.8. The fourth-order valence-electron chi connectivity index (χ4n) is 4.87. The van der Waals surface area contributed by atoms with Crippen LogP contribution in [0.5, 0.6) is 0 Å². The van der Waals surface area contributed by atoms with Gasteiger partial charge in [0.2, 0.25) is 0 Å². The molecule has 6 rings (SSSR count). The number of hydrogen-bond acceptors (Lipinski definition) is 1. The molecular weight excluding hydrogens is 390 g/mol. The molecule has 2 heteroatoms. The van der Waals surface area contributed by atoms with Gasteiger partial charge in [-0.25, -0.2) is 0 Å². The van der Waals surface area contributed by atoms with Gasteiger partial charge in [0.1, 0.15) is 0 Å². The summed E-state index contributed by atoms with van der Waals surface area (Å²) in [6.45, 7) is 5.42. The molecule has 0 spiro atoms. The summed E-state index contributed by atoms with van der Waals surface area (Å²) in [4.78, 5) is 12.0. The van der Waals surface area contributed by atoms with Crippen LogP contribution in [0.4, 0.5) is 5.69 Å². The number of rotatable bonds is 3. The summed E-state index contributed by atoms with van der Waals surface area (Å²) in [7, 11) is 0. The summed E-state index contributed by atoms with van der Waals surface area (Å²) in [6, 6.07) is 32.2. The highest BCUT2D eigenvalue weighted by atomic mass is 16.1. The Balaban J connectivity index is 1.66. The Morgan fingerprint density at radius 1 is 0.656 bits per heavy atom. The van der Waals surface area contributed by atoms with E-state index in [9.17, 15) is 4.79 Å². The molecule has 152 valence electrons. The Labute approximate surface area is 186 Å². The average molecular weight is 412 g/mol. The molecule has 0 aromatic heterocycles. The van der Waals surface area contributed by atoms with Gasteiger partial charge in [-0.1, -0.05) is 85.4 Å². The Hall–Kier alpha value is -4.17. The Kier molecular flexibility index (Phi) is 4.02. The lowest BCUT2D eigenvalue weighted by atomic mass is 9.86. The van der Waals surface area contributed by atoms with Gasteiger partial charge in [0.25, 0.3) is 5.91 Å². The zero-order chi connectivity index (χ0) is 21.8. The van der Waals surface area contributed by atoms with Gasteiger partial charge in [-0.2, -0.15) is 0 Å². The minimum absolute atomic E-state index is 0.161. The molecule has 1 amide bonds. The van der Waals surface area contributed by atoms with E-state index in [-0.39, 0.29) is 5.91 Å². The van der Waals surface area contributed by atoms with E-state index in [2.05, 4.69) is 90.8 Å². The molecule has 2 nitrogen and oxygen atoms in total. The second-order valence-electron chi connectivity index (χ2n) is 8.41. The van der Waals surface area contributed by atoms with Crippen molar-refractivity contribution in [2.24, 2.45) is 0 Å². The molecule has 0 aliphatic rings. The third-order valence-corrected chi connectivity index (χ3v) is 6.35. The first-order chi connectivity index (χ1) is 15.6. The van der Waals surface area contributed by atoms with Crippen molar-refractivity contribution >= 4 is 54.7 Å². The first-order valence-electron chi connectivity index (χ1n) is 10.8. The van der Waals surface area contributed by atoms with E-state index in [0.717, 1.165) is 11.3 Å². The molecule has 6 aromatic carbocycles. The number of nitrogens with one attached hydrogen (secondary N) is 1. The summed E-state index contributed by atoms with van der Waals surface area (Å²) in [6.07, 6.45) is 0. The van der Waals surface area contributed by atoms with Crippen LogP contribution < -0.4 is 5.32 Å². The SMILES string of the molecule is C=C(C)C(=O)Nc1ccc(-c2ccc3cccc4c5cccc6cccc(c2c34)c65)cc1. The lowest BCUT2D eigenvalue weighted by molar-refractivity contribution is -0.112. The predicted molar refractivity (Wildman–Crippen MR) is 137 cm³/mol. The molecule has 1 N–H and O–H groups in total. The number of amides is 1. The van der Waals surface area contributed by atoms with Crippen molar-refractivity contribution < 1.29 is 4.79 Å². The van der Waals surface area contributed by atoms with Crippen molar-refractivity contribution in [3.63, 3.8) is 0 Å². The minimum Gasteiger partial charge on any atom is -0.322 e. The van der Waals surface area contributed by atoms with Crippen molar-refractivity contribution in [2.75, 3.05) is 5.32 Å². The first kappa shape index (κ1) is 18.6. The molecule has 0 atom stereocenters. The van der Waals surface area contributed by atoms with E-state index in [1.54, 1.807) is 6.92 Å². The fraction of sp³-hybridized carbons (Fsp3) is 0.0333. The topological polar surface area (TPSA) is 29.1 Å². The minimum atomic E-state index is -0.161. The van der Waals surface area contributed by atoms with E-state index in [1.807, 2.05) is 12.1 Å². The number of carbonyl (C=O) groups is 1. The maximum absolute atomic E-state index is 12.0. The van der Waals surface area contributed by atoms with Crippen LogP contribution in [-0.2, 0) is 4.79 Å². The normalized spacial score (nSPS) is 11.5. The standard InChI is InChI=1S/C30H21NO/c1-18(2)30(32)31-22-15-12-19(13-16-22)23-17-14-21-8-4-10-25-24-9-3-6-20-7-5-11-26(27(20)24)29(23)28(21)25/h3-17H,1H2,2H3,(H,31,32). The summed E-state index contributed by atoms with van der Waals surface area (Å²) in [5, 5.41) is 13.1. The monoisotopic (exact) mass is 411 g/mol. The third kappa shape index (κ3) is 2.70. The molecule has 0 fully saturated rings. The maximum atomic E-state index is 12.0. The van der Waals surface area contributed by atoms with Crippen LogP contribution in [0.1, 0.15) is 6.92 Å². The van der Waals surface area contributed by atoms with Crippen LogP contribution in [0.3, 0.4) is 0 Å². The molecular formula is C30H21NO. The van der Waals surface area contributed by atoms with Gasteiger partial charge < -0.3 is 5.32 Å². The highest BCUT2D eigenvalue weighted by Gasteiger charge is 2.16. The van der Waals surface area contributed by atoms with Crippen molar-refractivity contribution in [1.29, 1.82) is 0 Å². The zero-order valence-electron chi connectivity index (χ0n) is 17.8. The van der Waals surface area contributed by atoms with Crippen LogP contribution in [0.15, 0.2) is 103 Å². The van der Waals surface area contributed by atoms with Crippen molar-refractivity contribution in [3.8, 4) is 11.1 Å². The second-order valence-corrected chi connectivity index (χ2v) is 8.41. The molecule has 0 heterocycles. The number of hydrogen-bond donors (Lipinski definition) is 1. The second kappa shape index (κ2) is 6.93. The van der Waals surface area contributed by atoms with Crippen LogP contribution >= 0.6 is 0 Å². The number of benzene rings is 6. The highest BCUT2D eigenvalue weighted by molar-refractivity contribution is 6.35. The lowest BCUT2D eigenvalue weighted by Gasteiger charge is -2.17. The molecule has 0 aliphatic carbocycles. The molecule has 0 saturated carbocycles. The van der Waals surface area contributed by atoms with Crippen LogP contribution in [0, 0.1) is 0 Å². The quantitative estimate of drug-likeness (QED) is 0.179. The van der Waals surface area contributed by atoms with Gasteiger partial charge in [0.05, 0.1) is 0 Å². The Morgan fingerprint density at radius 3 is 1.91 bits per heavy atom. The number of carbonyl (C=O) groups excluding carboxylic acids is 1. The van der Waals surface area contributed by atoms with Gasteiger partial charge in [-0.3, -0.25) is 4.79 Å². The smallest absolute Gasteiger partial charge is 0.250 e. The average Bonchev–Trinajstić information content (AvgIpc) is 2.82. The molecule has 0 bridgehead atoms. The largest absolute Gasteiger partial charge is 0.322 e. The fourth-order valence-corrected chi connectivity index (χ4v) is 4.87. The third-order valence-electron chi connectivity index (χ3n) is 6.35. The molecule has 0 aliphatic heterocycles. The van der Waals surface area contributed by atoms with Gasteiger partial charge in [0, 0.05) is 11.3 Å². The van der Waals surface area contributed by atoms with Crippen LogP contribution in [0.2, 0.25) is 0 Å². The summed E-state index contributed by atoms with van der Waals surface area (Å²) < 4.78 is 0. The lowest BCUT2D eigenvalue weighted by Crippen LogP contribution is -2.11. The van der Waals surface area contributed by atoms with E-state index in [4.69, 9.17) is 0 Å². The van der Waals surface area contributed by atoms with Gasteiger partial charge in [-0.15, -0.1) is 0 Å². The van der Waals surface area contributed by atoms with Crippen LogP contribution in [0.25, 0.3) is 54.2 Å². The van der Waals surface area contributed by atoms with E-state index >= 15 is 0 Å². The molecule has 6 aromatic rings. The number of fused-ring (bicyclic) bond motifs is 2. The van der Waals surface area contributed by atoms with Crippen LogP contribution in [-0.4, -0.2) is 5.91 Å². The van der Waals surface area contributed by atoms with E-state index < -0.39 is 0 Å². The van der Waals surface area contributed by atoms with E-state index in [1.165, 1.54) is 48.7 Å². The van der Waals surface area contributed by atoms with Gasteiger partial charge >= 0.3 is 0 Å². The predicted octanol–water partition coefficient (Wildman–Crippen LogP) is 7.92. The molecule has 0 radical (unpaired) electrons. The van der Waals surface area contributed by atoms with Gasteiger partial charge in [0.15, 0.2) is 0 Å². The summed E-state index contributed by atoms with van der Waals surface area (Å²) in [5.74, 6) is -0.161. The molecule has 0 saturated heterocycles. The Bertz CT molecular complexity index is 1670. The van der Waals surface area contributed by atoms with E-state index in [0.29, 0.717) is 5.57 Å². The van der Waals surface area contributed by atoms with Crippen molar-refractivity contribution in [1.82, 2.24) is 0 Å². The number of anilines is 1. The maximum Gasteiger partial charge on any atom is 0.250 e. The summed E-state index contributed by atoms with van der Waals surface area (Å²) in [5.41, 5.74) is 3.59. The van der Waals surface area contributed by atoms with Crippen molar-refractivity contribution in [3.05, 3.63) is 103 Å². The molecule has 0 unspecified atom stereocenters. The first-order valence-corrected chi connectivity index (χ1v) is 10.8. The Morgan fingerprint density at radius 2 is 1.25 bits per heavy atom.